The van der Waals surface area contributed by atoms with Crippen LogP contribution < -0.4 is 0 Å². The summed E-state index contributed by atoms with van der Waals surface area (Å²) >= 11 is 0. The minimum atomic E-state index is -1.13. The van der Waals surface area contributed by atoms with Gasteiger partial charge in [-0.1, -0.05) is 65.8 Å². The number of aromatic nitrogens is 1. The van der Waals surface area contributed by atoms with Gasteiger partial charge in [-0.15, -0.1) is 0 Å². The Kier molecular flexibility index (Phi) is 4.49. The zero-order valence-corrected chi connectivity index (χ0v) is 13.1. The summed E-state index contributed by atoms with van der Waals surface area (Å²) in [6.07, 6.45) is 0. The Hall–Kier alpha value is -2.20. The lowest BCUT2D eigenvalue weighted by Crippen LogP contribution is -2.10. The van der Waals surface area contributed by atoms with E-state index in [1.807, 2.05) is 73.7 Å². The SMILES string of the molecule is Cc1cc(CS(=O)C(c2ccccc2)c2ccccc2)on1. The van der Waals surface area contributed by atoms with E-state index in [-0.39, 0.29) is 5.25 Å². The first kappa shape index (κ1) is 14.7. The molecular weight excluding hydrogens is 294 g/mol. The molecule has 0 radical (unpaired) electrons. The van der Waals surface area contributed by atoms with Crippen molar-refractivity contribution in [2.24, 2.45) is 0 Å². The van der Waals surface area contributed by atoms with Crippen LogP contribution >= 0.6 is 0 Å². The Bertz CT molecular complexity index is 714. The fourth-order valence-electron chi connectivity index (χ4n) is 2.46. The molecule has 0 amide bonds. The molecule has 1 heterocycles. The highest BCUT2D eigenvalue weighted by Gasteiger charge is 2.22. The molecule has 0 aliphatic rings. The molecule has 112 valence electrons. The van der Waals surface area contributed by atoms with E-state index in [0.29, 0.717) is 11.5 Å². The van der Waals surface area contributed by atoms with Crippen LogP contribution in [0, 0.1) is 6.92 Å². The summed E-state index contributed by atoms with van der Waals surface area (Å²) in [5, 5.41) is 3.69. The van der Waals surface area contributed by atoms with Gasteiger partial charge < -0.3 is 4.52 Å². The summed E-state index contributed by atoms with van der Waals surface area (Å²) in [7, 11) is -1.13. The third kappa shape index (κ3) is 3.34. The van der Waals surface area contributed by atoms with Gasteiger partial charge in [0.2, 0.25) is 0 Å². The summed E-state index contributed by atoms with van der Waals surface area (Å²) < 4.78 is 18.2. The Morgan fingerprint density at radius 3 is 2.00 bits per heavy atom. The number of aryl methyl sites for hydroxylation is 1. The molecule has 0 N–H and O–H groups in total. The molecule has 0 bridgehead atoms. The lowest BCUT2D eigenvalue weighted by Gasteiger charge is -2.17. The molecule has 1 unspecified atom stereocenters. The highest BCUT2D eigenvalue weighted by Crippen LogP contribution is 2.29. The van der Waals surface area contributed by atoms with Gasteiger partial charge >= 0.3 is 0 Å². The van der Waals surface area contributed by atoms with Gasteiger partial charge in [-0.2, -0.15) is 0 Å². The minimum absolute atomic E-state index is 0.173. The lowest BCUT2D eigenvalue weighted by atomic mass is 10.0. The van der Waals surface area contributed by atoms with Crippen molar-refractivity contribution in [3.05, 3.63) is 89.3 Å². The maximum absolute atomic E-state index is 12.9. The molecule has 22 heavy (non-hydrogen) atoms. The smallest absolute Gasteiger partial charge is 0.149 e. The number of nitrogens with zero attached hydrogens (tertiary/aromatic N) is 1. The fourth-order valence-corrected chi connectivity index (χ4v) is 3.96. The molecule has 4 heteroatoms. The second-order valence-corrected chi connectivity index (χ2v) is 6.68. The zero-order valence-electron chi connectivity index (χ0n) is 12.3. The van der Waals surface area contributed by atoms with Crippen LogP contribution in [0.1, 0.15) is 27.8 Å². The molecule has 0 aliphatic heterocycles. The van der Waals surface area contributed by atoms with E-state index in [0.717, 1.165) is 16.8 Å². The molecular formula is C18H17NO2S. The van der Waals surface area contributed by atoms with Gasteiger partial charge in [0, 0.05) is 16.9 Å². The van der Waals surface area contributed by atoms with Crippen molar-refractivity contribution in [3.8, 4) is 0 Å². The van der Waals surface area contributed by atoms with E-state index in [9.17, 15) is 4.21 Å². The third-order valence-electron chi connectivity index (χ3n) is 3.43. The van der Waals surface area contributed by atoms with Crippen LogP contribution in [0.25, 0.3) is 0 Å². The second kappa shape index (κ2) is 6.71. The zero-order chi connectivity index (χ0) is 15.4. The van der Waals surface area contributed by atoms with Crippen molar-refractivity contribution in [2.75, 3.05) is 0 Å². The normalized spacial score (nSPS) is 12.5. The van der Waals surface area contributed by atoms with E-state index >= 15 is 0 Å². The molecule has 2 aromatic carbocycles. The van der Waals surface area contributed by atoms with Crippen LogP contribution in [0.5, 0.6) is 0 Å². The molecule has 0 spiro atoms. The van der Waals surface area contributed by atoms with Crippen LogP contribution in [0.2, 0.25) is 0 Å². The fraction of sp³-hybridized carbons (Fsp3) is 0.167. The quantitative estimate of drug-likeness (QED) is 0.714. The Morgan fingerprint density at radius 1 is 1.00 bits per heavy atom. The summed E-state index contributed by atoms with van der Waals surface area (Å²) in [5.74, 6) is 1.02. The Labute approximate surface area is 132 Å². The molecule has 1 aromatic heterocycles. The summed E-state index contributed by atoms with van der Waals surface area (Å²) in [4.78, 5) is 0. The molecule has 0 fully saturated rings. The predicted octanol–water partition coefficient (Wildman–Crippen LogP) is 4.02. The summed E-state index contributed by atoms with van der Waals surface area (Å²) in [5.41, 5.74) is 2.90. The monoisotopic (exact) mass is 311 g/mol. The maximum Gasteiger partial charge on any atom is 0.149 e. The van der Waals surface area contributed by atoms with E-state index in [4.69, 9.17) is 4.52 Å². The first-order chi connectivity index (χ1) is 10.7. The first-order valence-electron chi connectivity index (χ1n) is 7.13. The standard InChI is InChI=1S/C18H17NO2S/c1-14-12-17(21-19-14)13-22(20)18(15-8-4-2-5-9-15)16-10-6-3-7-11-16/h2-12,18H,13H2,1H3. The average Bonchev–Trinajstić information content (AvgIpc) is 2.95. The highest BCUT2D eigenvalue weighted by atomic mass is 32.2. The van der Waals surface area contributed by atoms with Gasteiger partial charge in [0.05, 0.1) is 16.7 Å². The van der Waals surface area contributed by atoms with E-state index in [1.165, 1.54) is 0 Å². The molecule has 1 atom stereocenters. The lowest BCUT2D eigenvalue weighted by molar-refractivity contribution is 0.390. The molecule has 3 aromatic rings. The Balaban J connectivity index is 1.93. The Morgan fingerprint density at radius 2 is 1.55 bits per heavy atom. The van der Waals surface area contributed by atoms with Crippen LogP contribution in [0.15, 0.2) is 71.3 Å². The molecule has 0 saturated carbocycles. The van der Waals surface area contributed by atoms with Crippen molar-refractivity contribution in [2.45, 2.75) is 17.9 Å². The van der Waals surface area contributed by atoms with Crippen molar-refractivity contribution in [1.29, 1.82) is 0 Å². The predicted molar refractivity (Wildman–Crippen MR) is 87.8 cm³/mol. The topological polar surface area (TPSA) is 43.1 Å². The van der Waals surface area contributed by atoms with Gasteiger partial charge in [0.1, 0.15) is 5.76 Å². The van der Waals surface area contributed by atoms with E-state index in [2.05, 4.69) is 5.16 Å². The van der Waals surface area contributed by atoms with Gasteiger partial charge in [-0.25, -0.2) is 0 Å². The van der Waals surface area contributed by atoms with E-state index < -0.39 is 10.8 Å². The number of benzene rings is 2. The number of hydrogen-bond donors (Lipinski definition) is 0. The van der Waals surface area contributed by atoms with Crippen molar-refractivity contribution in [1.82, 2.24) is 5.16 Å². The van der Waals surface area contributed by atoms with Gasteiger partial charge in [-0.05, 0) is 18.1 Å². The summed E-state index contributed by atoms with van der Waals surface area (Å²) in [6, 6.07) is 21.7. The van der Waals surface area contributed by atoms with Crippen molar-refractivity contribution < 1.29 is 8.73 Å². The van der Waals surface area contributed by atoms with E-state index in [1.54, 1.807) is 0 Å². The number of rotatable bonds is 5. The highest BCUT2D eigenvalue weighted by molar-refractivity contribution is 7.84. The van der Waals surface area contributed by atoms with Crippen molar-refractivity contribution in [3.63, 3.8) is 0 Å². The molecule has 3 rings (SSSR count). The molecule has 0 aliphatic carbocycles. The molecule has 0 saturated heterocycles. The van der Waals surface area contributed by atoms with Gasteiger partial charge in [0.25, 0.3) is 0 Å². The third-order valence-corrected chi connectivity index (χ3v) is 5.07. The molecule has 3 nitrogen and oxygen atoms in total. The van der Waals surface area contributed by atoms with Gasteiger partial charge in [-0.3, -0.25) is 4.21 Å². The minimum Gasteiger partial charge on any atom is -0.360 e. The largest absolute Gasteiger partial charge is 0.360 e. The van der Waals surface area contributed by atoms with Gasteiger partial charge in [0.15, 0.2) is 0 Å². The van der Waals surface area contributed by atoms with Crippen molar-refractivity contribution >= 4 is 10.8 Å². The summed E-state index contributed by atoms with van der Waals surface area (Å²) in [6.45, 7) is 1.86. The van der Waals surface area contributed by atoms with Crippen LogP contribution in [0.3, 0.4) is 0 Å². The average molecular weight is 311 g/mol. The number of hydrogen-bond acceptors (Lipinski definition) is 3. The first-order valence-corrected chi connectivity index (χ1v) is 8.51. The van der Waals surface area contributed by atoms with Crippen LogP contribution in [-0.4, -0.2) is 9.37 Å². The van der Waals surface area contributed by atoms with Crippen LogP contribution in [0.4, 0.5) is 0 Å². The second-order valence-electron chi connectivity index (χ2n) is 5.16. The maximum atomic E-state index is 12.9. The van der Waals surface area contributed by atoms with Crippen LogP contribution in [-0.2, 0) is 16.6 Å².